The van der Waals surface area contributed by atoms with Gasteiger partial charge in [0.1, 0.15) is 0 Å². The van der Waals surface area contributed by atoms with Gasteiger partial charge in [0.2, 0.25) is 0 Å². The van der Waals surface area contributed by atoms with Crippen molar-refractivity contribution in [3.8, 4) is 11.1 Å². The Morgan fingerprint density at radius 1 is 0.784 bits per heavy atom. The highest BCUT2D eigenvalue weighted by atomic mass is 35.7. The van der Waals surface area contributed by atoms with Crippen molar-refractivity contribution in [1.82, 2.24) is 0 Å². The van der Waals surface area contributed by atoms with Crippen LogP contribution in [0, 0.1) is 0 Å². The minimum absolute atomic E-state index is 0.154. The lowest BCUT2D eigenvalue weighted by Gasteiger charge is -2.21. The van der Waals surface area contributed by atoms with E-state index in [1.807, 2.05) is 0 Å². The topological polar surface area (TPSA) is 146 Å². The van der Waals surface area contributed by atoms with Gasteiger partial charge >= 0.3 is 18.1 Å². The molecule has 0 aliphatic rings. The van der Waals surface area contributed by atoms with Crippen molar-refractivity contribution in [1.29, 1.82) is 0 Å². The number of nitrogens with zero attached hydrogens (tertiary/aromatic N) is 1. The van der Waals surface area contributed by atoms with Crippen molar-refractivity contribution in [2.45, 2.75) is 16.0 Å². The SMILES string of the molecule is CN(c1ccc(C(F)(F)F)cc1)S(=O)(=O)c1ccc(C(=O)O)c(-c2cc(S(=O)(=O)Cl)ccc2C(=O)O)c1. The first-order chi connectivity index (χ1) is 16.9. The molecule has 0 heterocycles. The minimum atomic E-state index is -4.65. The van der Waals surface area contributed by atoms with Crippen LogP contribution in [0.25, 0.3) is 11.1 Å². The van der Waals surface area contributed by atoms with Crippen molar-refractivity contribution in [2.24, 2.45) is 0 Å². The number of hydrogen-bond donors (Lipinski definition) is 2. The molecule has 15 heteroatoms. The summed E-state index contributed by atoms with van der Waals surface area (Å²) in [6.45, 7) is 0. The first-order valence-corrected chi connectivity index (χ1v) is 13.6. The van der Waals surface area contributed by atoms with Gasteiger partial charge in [0.25, 0.3) is 19.1 Å². The first-order valence-electron chi connectivity index (χ1n) is 9.80. The molecule has 3 aromatic carbocycles. The number of sulfonamides is 1. The van der Waals surface area contributed by atoms with Crippen LogP contribution in [0.4, 0.5) is 18.9 Å². The molecule has 0 radical (unpaired) electrons. The van der Waals surface area contributed by atoms with Gasteiger partial charge in [-0.1, -0.05) is 0 Å². The van der Waals surface area contributed by atoms with Crippen LogP contribution in [0.2, 0.25) is 0 Å². The standard InChI is InChI=1S/C22H15ClF3NO8S2/c1-27(13-4-2-12(3-5-13)22(24,25)26)37(34,35)15-7-9-17(21(30)31)19(11-15)18-10-14(36(23,32)33)6-8-16(18)20(28)29/h2-11H,1H3,(H,28,29)(H,30,31). The summed E-state index contributed by atoms with van der Waals surface area (Å²) < 4.78 is 89.3. The van der Waals surface area contributed by atoms with Crippen molar-refractivity contribution in [3.63, 3.8) is 0 Å². The zero-order chi connectivity index (χ0) is 27.9. The monoisotopic (exact) mass is 577 g/mol. The summed E-state index contributed by atoms with van der Waals surface area (Å²) in [7, 11) is -2.52. The molecule has 0 saturated carbocycles. The van der Waals surface area contributed by atoms with Crippen LogP contribution in [0.3, 0.4) is 0 Å². The zero-order valence-electron chi connectivity index (χ0n) is 18.4. The van der Waals surface area contributed by atoms with Crippen LogP contribution in [0.1, 0.15) is 26.3 Å². The molecule has 0 saturated heterocycles. The van der Waals surface area contributed by atoms with E-state index >= 15 is 0 Å². The van der Waals surface area contributed by atoms with E-state index < -0.39 is 74.8 Å². The number of halogens is 4. The highest BCUT2D eigenvalue weighted by Gasteiger charge is 2.31. The quantitative estimate of drug-likeness (QED) is 0.390. The van der Waals surface area contributed by atoms with E-state index in [4.69, 9.17) is 10.7 Å². The van der Waals surface area contributed by atoms with Gasteiger partial charge in [-0.2, -0.15) is 13.2 Å². The summed E-state index contributed by atoms with van der Waals surface area (Å²) in [5, 5.41) is 19.2. The van der Waals surface area contributed by atoms with E-state index in [0.29, 0.717) is 16.4 Å². The maximum Gasteiger partial charge on any atom is 0.416 e. The molecule has 2 N–H and O–H groups in total. The van der Waals surface area contributed by atoms with Crippen molar-refractivity contribution < 1.29 is 49.8 Å². The Labute approximate surface area is 212 Å². The van der Waals surface area contributed by atoms with Crippen LogP contribution in [-0.4, -0.2) is 46.0 Å². The van der Waals surface area contributed by atoms with Crippen molar-refractivity contribution >= 4 is 47.4 Å². The molecule has 0 atom stereocenters. The number of carbonyl (C=O) groups is 2. The summed E-state index contributed by atoms with van der Waals surface area (Å²) in [6.07, 6.45) is -4.65. The molecule has 0 spiro atoms. The largest absolute Gasteiger partial charge is 0.478 e. The Kier molecular flexibility index (Phi) is 7.32. The Hall–Kier alpha value is -3.62. The molecule has 0 bridgehead atoms. The fraction of sp³-hybridized carbons (Fsp3) is 0.0909. The van der Waals surface area contributed by atoms with Crippen LogP contribution in [0.15, 0.2) is 70.5 Å². The summed E-state index contributed by atoms with van der Waals surface area (Å²) in [6, 6.07) is 8.35. The molecular weight excluding hydrogens is 563 g/mol. The Bertz CT molecular complexity index is 1620. The van der Waals surface area contributed by atoms with Crippen molar-refractivity contribution in [2.75, 3.05) is 11.4 Å². The van der Waals surface area contributed by atoms with Crippen molar-refractivity contribution in [3.05, 3.63) is 77.4 Å². The third-order valence-corrected chi connectivity index (χ3v) is 8.36. The fourth-order valence-corrected chi connectivity index (χ4v) is 5.33. The number of carboxylic acid groups (broad SMARTS) is 2. The summed E-state index contributed by atoms with van der Waals surface area (Å²) >= 11 is 0. The van der Waals surface area contributed by atoms with Crippen LogP contribution < -0.4 is 4.31 Å². The lowest BCUT2D eigenvalue weighted by Crippen LogP contribution is -2.26. The smallest absolute Gasteiger partial charge is 0.416 e. The van der Waals surface area contributed by atoms with E-state index in [1.165, 1.54) is 0 Å². The second kappa shape index (κ2) is 9.68. The van der Waals surface area contributed by atoms with Crippen LogP contribution in [0.5, 0.6) is 0 Å². The van der Waals surface area contributed by atoms with Crippen LogP contribution >= 0.6 is 10.7 Å². The molecule has 3 aromatic rings. The molecule has 0 aromatic heterocycles. The lowest BCUT2D eigenvalue weighted by atomic mass is 9.95. The normalized spacial score (nSPS) is 12.2. The summed E-state index contributed by atoms with van der Waals surface area (Å²) in [5.41, 5.74) is -3.15. The van der Waals surface area contributed by atoms with E-state index in [2.05, 4.69) is 0 Å². The summed E-state index contributed by atoms with van der Waals surface area (Å²) in [4.78, 5) is 22.5. The molecule has 9 nitrogen and oxygen atoms in total. The van der Waals surface area contributed by atoms with E-state index in [9.17, 15) is 49.8 Å². The molecule has 0 fully saturated rings. The van der Waals surface area contributed by atoms with Gasteiger partial charge in [-0.3, -0.25) is 4.31 Å². The number of benzene rings is 3. The van der Waals surface area contributed by atoms with Gasteiger partial charge in [-0.25, -0.2) is 26.4 Å². The molecule has 0 unspecified atom stereocenters. The maximum atomic E-state index is 13.2. The molecule has 196 valence electrons. The summed E-state index contributed by atoms with van der Waals surface area (Å²) in [5.74, 6) is -3.15. The van der Waals surface area contributed by atoms with E-state index in [0.717, 1.165) is 55.6 Å². The Balaban J connectivity index is 2.22. The predicted octanol–water partition coefficient (Wildman–Crippen LogP) is 4.52. The predicted molar refractivity (Wildman–Crippen MR) is 126 cm³/mol. The first kappa shape index (κ1) is 28.0. The van der Waals surface area contributed by atoms with Gasteiger partial charge in [-0.05, 0) is 71.8 Å². The molecule has 0 aliphatic carbocycles. The third kappa shape index (κ3) is 5.70. The number of hydrogen-bond acceptors (Lipinski definition) is 6. The van der Waals surface area contributed by atoms with Gasteiger partial charge in [0.05, 0.1) is 32.2 Å². The lowest BCUT2D eigenvalue weighted by molar-refractivity contribution is -0.137. The number of anilines is 1. The van der Waals surface area contributed by atoms with Gasteiger partial charge in [0.15, 0.2) is 0 Å². The highest BCUT2D eigenvalue weighted by Crippen LogP contribution is 2.35. The van der Waals surface area contributed by atoms with E-state index in [1.54, 1.807) is 0 Å². The molecule has 3 rings (SSSR count). The Morgan fingerprint density at radius 2 is 1.22 bits per heavy atom. The van der Waals surface area contributed by atoms with Crippen LogP contribution in [-0.2, 0) is 25.3 Å². The zero-order valence-corrected chi connectivity index (χ0v) is 20.8. The third-order valence-electron chi connectivity index (χ3n) is 5.23. The minimum Gasteiger partial charge on any atom is -0.478 e. The molecule has 0 aliphatic heterocycles. The Morgan fingerprint density at radius 3 is 1.62 bits per heavy atom. The number of carboxylic acids is 2. The second-order valence-corrected chi connectivity index (χ2v) is 12.0. The van der Waals surface area contributed by atoms with E-state index in [-0.39, 0.29) is 5.69 Å². The number of rotatable bonds is 7. The second-order valence-electron chi connectivity index (χ2n) is 7.48. The van der Waals surface area contributed by atoms with Gasteiger partial charge in [0, 0.05) is 17.7 Å². The fourth-order valence-electron chi connectivity index (χ4n) is 3.33. The maximum absolute atomic E-state index is 13.2. The highest BCUT2D eigenvalue weighted by molar-refractivity contribution is 8.13. The van der Waals surface area contributed by atoms with Gasteiger partial charge in [-0.15, -0.1) is 0 Å². The number of aromatic carboxylic acids is 2. The molecular formula is C22H15ClF3NO8S2. The number of alkyl halides is 3. The average Bonchev–Trinajstić information content (AvgIpc) is 2.81. The average molecular weight is 578 g/mol. The molecule has 37 heavy (non-hydrogen) atoms. The van der Waals surface area contributed by atoms with Gasteiger partial charge < -0.3 is 10.2 Å². The molecule has 0 amide bonds.